The van der Waals surface area contributed by atoms with Crippen molar-refractivity contribution in [3.63, 3.8) is 0 Å². The highest BCUT2D eigenvalue weighted by Crippen LogP contribution is 2.31. The number of hydrogen-bond donors (Lipinski definition) is 2. The van der Waals surface area contributed by atoms with Gasteiger partial charge in [0.05, 0.1) is 30.6 Å². The van der Waals surface area contributed by atoms with Crippen molar-refractivity contribution in [2.75, 3.05) is 11.9 Å². The van der Waals surface area contributed by atoms with E-state index < -0.39 is 17.8 Å². The molecule has 2 amide bonds. The smallest absolute Gasteiger partial charge is 0.341 e. The second-order valence-electron chi connectivity index (χ2n) is 6.57. The van der Waals surface area contributed by atoms with Crippen LogP contribution in [0.3, 0.4) is 0 Å². The van der Waals surface area contributed by atoms with Crippen LogP contribution >= 0.6 is 11.3 Å². The van der Waals surface area contributed by atoms with Gasteiger partial charge in [0.25, 0.3) is 0 Å². The molecule has 0 bridgehead atoms. The molecule has 28 heavy (non-hydrogen) atoms. The van der Waals surface area contributed by atoms with Crippen LogP contribution in [0.1, 0.15) is 54.4 Å². The molecule has 2 aromatic rings. The Kier molecular flexibility index (Phi) is 6.45. The van der Waals surface area contributed by atoms with E-state index in [2.05, 4.69) is 15.6 Å². The Hall–Kier alpha value is -2.68. The van der Waals surface area contributed by atoms with E-state index in [0.29, 0.717) is 11.4 Å². The molecular formula is C19H24N4O4S. The third-order valence-corrected chi connectivity index (χ3v) is 5.96. The number of aryl methyl sites for hydroxylation is 1. The number of nitrogens with one attached hydrogen (secondary N) is 2. The topological polar surface area (TPSA) is 102 Å². The SMILES string of the molecule is CCOC(=O)c1cc(CC)sc1NC(=O)C(=O)N[C@@H]1CCC[C@H]1n1ccnc1. The zero-order chi connectivity index (χ0) is 20.1. The van der Waals surface area contributed by atoms with E-state index in [4.69, 9.17) is 4.74 Å². The number of carbonyl (C=O) groups excluding carboxylic acids is 3. The minimum atomic E-state index is -0.786. The molecule has 0 radical (unpaired) electrons. The Labute approximate surface area is 167 Å². The van der Waals surface area contributed by atoms with Crippen molar-refractivity contribution in [2.24, 2.45) is 0 Å². The number of aromatic nitrogens is 2. The van der Waals surface area contributed by atoms with Gasteiger partial charge in [0, 0.05) is 17.3 Å². The molecule has 2 heterocycles. The van der Waals surface area contributed by atoms with Crippen molar-refractivity contribution < 1.29 is 19.1 Å². The number of hydrogen-bond acceptors (Lipinski definition) is 6. The van der Waals surface area contributed by atoms with Crippen molar-refractivity contribution in [1.82, 2.24) is 14.9 Å². The highest BCUT2D eigenvalue weighted by molar-refractivity contribution is 7.16. The van der Waals surface area contributed by atoms with Gasteiger partial charge < -0.3 is 19.9 Å². The molecule has 150 valence electrons. The Morgan fingerprint density at radius 3 is 2.79 bits per heavy atom. The first kappa shape index (κ1) is 20.1. The first-order chi connectivity index (χ1) is 13.5. The number of nitrogens with zero attached hydrogens (tertiary/aromatic N) is 2. The van der Waals surface area contributed by atoms with Gasteiger partial charge in [-0.15, -0.1) is 11.3 Å². The number of thiophene rings is 1. The zero-order valence-electron chi connectivity index (χ0n) is 15.9. The van der Waals surface area contributed by atoms with Crippen LogP contribution < -0.4 is 10.6 Å². The molecule has 0 aliphatic heterocycles. The summed E-state index contributed by atoms with van der Waals surface area (Å²) >= 11 is 1.28. The number of imidazole rings is 1. The van der Waals surface area contributed by atoms with E-state index in [1.807, 2.05) is 17.7 Å². The van der Waals surface area contributed by atoms with Gasteiger partial charge in [0.1, 0.15) is 5.00 Å². The molecule has 9 heteroatoms. The molecule has 0 aromatic carbocycles. The number of esters is 1. The Morgan fingerprint density at radius 1 is 1.29 bits per heavy atom. The Morgan fingerprint density at radius 2 is 2.11 bits per heavy atom. The average molecular weight is 404 g/mol. The van der Waals surface area contributed by atoms with Gasteiger partial charge in [0.15, 0.2) is 0 Å². The molecule has 1 saturated carbocycles. The van der Waals surface area contributed by atoms with Crippen LogP contribution in [-0.2, 0) is 20.7 Å². The normalized spacial score (nSPS) is 18.6. The summed E-state index contributed by atoms with van der Waals surface area (Å²) in [7, 11) is 0. The number of ether oxygens (including phenoxy) is 1. The summed E-state index contributed by atoms with van der Waals surface area (Å²) in [6, 6.07) is 1.65. The van der Waals surface area contributed by atoms with E-state index in [0.717, 1.165) is 24.1 Å². The van der Waals surface area contributed by atoms with E-state index in [9.17, 15) is 14.4 Å². The maximum Gasteiger partial charge on any atom is 0.341 e. The molecule has 1 aliphatic rings. The number of carbonyl (C=O) groups is 3. The number of rotatable bonds is 6. The van der Waals surface area contributed by atoms with Gasteiger partial charge >= 0.3 is 17.8 Å². The van der Waals surface area contributed by atoms with Crippen molar-refractivity contribution in [1.29, 1.82) is 0 Å². The van der Waals surface area contributed by atoms with Crippen LogP contribution in [0.15, 0.2) is 24.8 Å². The summed E-state index contributed by atoms with van der Waals surface area (Å²) in [5.41, 5.74) is 0.280. The minimum Gasteiger partial charge on any atom is -0.462 e. The van der Waals surface area contributed by atoms with E-state index in [1.54, 1.807) is 25.5 Å². The van der Waals surface area contributed by atoms with Crippen LogP contribution in [0.2, 0.25) is 0 Å². The fourth-order valence-electron chi connectivity index (χ4n) is 3.39. The number of amides is 2. The zero-order valence-corrected chi connectivity index (χ0v) is 16.8. The summed E-state index contributed by atoms with van der Waals surface area (Å²) in [5.74, 6) is -2.00. The lowest BCUT2D eigenvalue weighted by atomic mass is 10.1. The molecule has 2 atom stereocenters. The molecule has 2 N–H and O–H groups in total. The fourth-order valence-corrected chi connectivity index (χ4v) is 4.37. The third kappa shape index (κ3) is 4.41. The third-order valence-electron chi connectivity index (χ3n) is 4.76. The molecule has 2 aromatic heterocycles. The lowest BCUT2D eigenvalue weighted by molar-refractivity contribution is -0.136. The van der Waals surface area contributed by atoms with Crippen molar-refractivity contribution in [3.8, 4) is 0 Å². The Bertz CT molecular complexity index is 846. The predicted octanol–water partition coefficient (Wildman–Crippen LogP) is 2.53. The summed E-state index contributed by atoms with van der Waals surface area (Å²) < 4.78 is 7.00. The molecule has 0 unspecified atom stereocenters. The quantitative estimate of drug-likeness (QED) is 0.569. The fraction of sp³-hybridized carbons (Fsp3) is 0.474. The van der Waals surface area contributed by atoms with Gasteiger partial charge in [-0.25, -0.2) is 9.78 Å². The minimum absolute atomic E-state index is 0.0859. The molecule has 1 fully saturated rings. The highest BCUT2D eigenvalue weighted by Gasteiger charge is 2.31. The molecule has 3 rings (SSSR count). The first-order valence-electron chi connectivity index (χ1n) is 9.42. The van der Waals surface area contributed by atoms with Crippen LogP contribution in [0.25, 0.3) is 0 Å². The van der Waals surface area contributed by atoms with E-state index >= 15 is 0 Å². The summed E-state index contributed by atoms with van der Waals surface area (Å²) in [6.07, 6.45) is 8.68. The van der Waals surface area contributed by atoms with Gasteiger partial charge in [-0.05, 0) is 38.7 Å². The van der Waals surface area contributed by atoms with Crippen molar-refractivity contribution in [3.05, 3.63) is 35.2 Å². The second kappa shape index (κ2) is 9.01. The molecule has 8 nitrogen and oxygen atoms in total. The molecular weight excluding hydrogens is 380 g/mol. The van der Waals surface area contributed by atoms with Gasteiger partial charge in [-0.2, -0.15) is 0 Å². The molecule has 0 spiro atoms. The van der Waals surface area contributed by atoms with Gasteiger partial charge in [0.2, 0.25) is 0 Å². The summed E-state index contributed by atoms with van der Waals surface area (Å²) in [5, 5.41) is 5.74. The largest absolute Gasteiger partial charge is 0.462 e. The number of anilines is 1. The van der Waals surface area contributed by atoms with E-state index in [1.165, 1.54) is 11.3 Å². The lowest BCUT2D eigenvalue weighted by Crippen LogP contribution is -2.43. The standard InChI is InChI=1S/C19H24N4O4S/c1-3-12-10-13(19(26)27-4-2)18(28-12)22-17(25)16(24)21-14-6-5-7-15(14)23-9-8-20-11-23/h8-11,14-15H,3-7H2,1-2H3,(H,21,24)(H,22,25)/t14-,15-/m1/s1. The molecule has 0 saturated heterocycles. The van der Waals surface area contributed by atoms with E-state index in [-0.39, 0.29) is 24.3 Å². The lowest BCUT2D eigenvalue weighted by Gasteiger charge is -2.21. The Balaban J connectivity index is 1.67. The first-order valence-corrected chi connectivity index (χ1v) is 10.2. The second-order valence-corrected chi connectivity index (χ2v) is 7.71. The van der Waals surface area contributed by atoms with Crippen LogP contribution in [0.4, 0.5) is 5.00 Å². The highest BCUT2D eigenvalue weighted by atomic mass is 32.1. The average Bonchev–Trinajstić information content (AvgIpc) is 3.42. The maximum absolute atomic E-state index is 12.4. The monoisotopic (exact) mass is 404 g/mol. The van der Waals surface area contributed by atoms with Gasteiger partial charge in [-0.3, -0.25) is 9.59 Å². The maximum atomic E-state index is 12.4. The predicted molar refractivity (Wildman–Crippen MR) is 105 cm³/mol. The summed E-state index contributed by atoms with van der Waals surface area (Å²) in [4.78, 5) is 42.0. The van der Waals surface area contributed by atoms with Crippen LogP contribution in [-0.4, -0.2) is 40.0 Å². The summed E-state index contributed by atoms with van der Waals surface area (Å²) in [6.45, 7) is 3.91. The van der Waals surface area contributed by atoms with Crippen molar-refractivity contribution in [2.45, 2.75) is 51.6 Å². The van der Waals surface area contributed by atoms with Crippen LogP contribution in [0, 0.1) is 0 Å². The van der Waals surface area contributed by atoms with Crippen LogP contribution in [0.5, 0.6) is 0 Å². The van der Waals surface area contributed by atoms with Gasteiger partial charge in [-0.1, -0.05) is 6.92 Å². The van der Waals surface area contributed by atoms with Crippen molar-refractivity contribution >= 4 is 34.1 Å². The molecule has 1 aliphatic carbocycles.